The molecule has 6 heteroatoms. The maximum absolute atomic E-state index is 12.3. The minimum Gasteiger partial charge on any atom is -0.466 e. The van der Waals surface area contributed by atoms with Gasteiger partial charge >= 0.3 is 11.9 Å². The summed E-state index contributed by atoms with van der Waals surface area (Å²) in [5.41, 5.74) is 0. The first-order valence-electron chi connectivity index (χ1n) is 7.48. The highest BCUT2D eigenvalue weighted by molar-refractivity contribution is 6.69. The Morgan fingerprint density at radius 3 is 2.19 bits per heavy atom. The Morgan fingerprint density at radius 1 is 1.10 bits per heavy atom. The largest absolute Gasteiger partial charge is 0.466 e. The lowest BCUT2D eigenvalue weighted by atomic mass is 9.81. The number of ether oxygens (including phenoxy) is 2. The predicted molar refractivity (Wildman–Crippen MR) is 82.2 cm³/mol. The van der Waals surface area contributed by atoms with E-state index in [9.17, 15) is 9.59 Å². The summed E-state index contributed by atoms with van der Waals surface area (Å²) in [6.07, 6.45) is 3.82. The Balaban J connectivity index is 3.00. The molecule has 0 aromatic carbocycles. The minimum absolute atomic E-state index is 0.286. The SMILES string of the molecule is CCOC(=O)[C@@H]1C(O[Si](C)(C)C)C=CC[C@H]1C(=O)OCC. The van der Waals surface area contributed by atoms with Crippen molar-refractivity contribution in [1.82, 2.24) is 0 Å². The van der Waals surface area contributed by atoms with Crippen molar-refractivity contribution >= 4 is 20.3 Å². The van der Waals surface area contributed by atoms with Crippen molar-refractivity contribution in [3.8, 4) is 0 Å². The van der Waals surface area contributed by atoms with E-state index in [0.717, 1.165) is 0 Å². The van der Waals surface area contributed by atoms with Crippen LogP contribution >= 0.6 is 0 Å². The van der Waals surface area contributed by atoms with Crippen LogP contribution in [0.15, 0.2) is 12.2 Å². The van der Waals surface area contributed by atoms with Gasteiger partial charge in [0, 0.05) is 0 Å². The Kier molecular flexibility index (Phi) is 6.61. The van der Waals surface area contributed by atoms with Crippen LogP contribution in [0.1, 0.15) is 20.3 Å². The number of hydrogen-bond donors (Lipinski definition) is 0. The summed E-state index contributed by atoms with van der Waals surface area (Å²) in [6, 6.07) is 0. The molecule has 21 heavy (non-hydrogen) atoms. The molecule has 0 saturated heterocycles. The molecule has 1 aliphatic carbocycles. The zero-order chi connectivity index (χ0) is 16.0. The van der Waals surface area contributed by atoms with Gasteiger partial charge in [-0.3, -0.25) is 9.59 Å². The summed E-state index contributed by atoms with van der Waals surface area (Å²) in [7, 11) is -1.85. The summed E-state index contributed by atoms with van der Waals surface area (Å²) in [4.78, 5) is 24.4. The number of carbonyl (C=O) groups is 2. The van der Waals surface area contributed by atoms with Crippen LogP contribution in [0.2, 0.25) is 19.6 Å². The molecule has 0 N–H and O–H groups in total. The third kappa shape index (κ3) is 5.28. The van der Waals surface area contributed by atoms with E-state index in [4.69, 9.17) is 13.9 Å². The summed E-state index contributed by atoms with van der Waals surface area (Å²) in [5.74, 6) is -1.90. The third-order valence-electron chi connectivity index (χ3n) is 3.14. The van der Waals surface area contributed by atoms with Crippen LogP contribution in [-0.2, 0) is 23.5 Å². The molecule has 120 valence electrons. The van der Waals surface area contributed by atoms with Crippen molar-refractivity contribution in [1.29, 1.82) is 0 Å². The summed E-state index contributed by atoms with van der Waals surface area (Å²) < 4.78 is 16.3. The van der Waals surface area contributed by atoms with E-state index in [0.29, 0.717) is 13.0 Å². The smallest absolute Gasteiger partial charge is 0.312 e. The van der Waals surface area contributed by atoms with Gasteiger partial charge in [-0.15, -0.1) is 0 Å². The molecule has 0 bridgehead atoms. The fourth-order valence-electron chi connectivity index (χ4n) is 2.40. The number of rotatable bonds is 6. The molecular formula is C15H26O5Si. The average molecular weight is 314 g/mol. The van der Waals surface area contributed by atoms with E-state index < -0.39 is 26.3 Å². The molecule has 0 fully saturated rings. The second-order valence-corrected chi connectivity index (χ2v) is 10.5. The molecule has 0 amide bonds. The Morgan fingerprint density at radius 2 is 1.67 bits per heavy atom. The molecule has 0 heterocycles. The average Bonchev–Trinajstić information content (AvgIpc) is 2.37. The second kappa shape index (κ2) is 7.75. The first kappa shape index (κ1) is 17.9. The van der Waals surface area contributed by atoms with Crippen LogP contribution in [0.5, 0.6) is 0 Å². The van der Waals surface area contributed by atoms with Crippen LogP contribution in [-0.4, -0.2) is 39.6 Å². The van der Waals surface area contributed by atoms with Crippen molar-refractivity contribution in [3.05, 3.63) is 12.2 Å². The van der Waals surface area contributed by atoms with Crippen molar-refractivity contribution in [2.24, 2.45) is 11.8 Å². The molecule has 0 aromatic rings. The maximum Gasteiger partial charge on any atom is 0.312 e. The molecule has 0 saturated carbocycles. The quantitative estimate of drug-likeness (QED) is 0.428. The fourth-order valence-corrected chi connectivity index (χ4v) is 3.45. The zero-order valence-corrected chi connectivity index (χ0v) is 14.5. The van der Waals surface area contributed by atoms with Gasteiger partial charge in [0.15, 0.2) is 8.32 Å². The molecule has 1 rings (SSSR count). The van der Waals surface area contributed by atoms with Gasteiger partial charge in [0.05, 0.1) is 31.2 Å². The molecule has 0 radical (unpaired) electrons. The van der Waals surface area contributed by atoms with E-state index in [1.165, 1.54) is 0 Å². The first-order valence-corrected chi connectivity index (χ1v) is 10.9. The normalized spacial score (nSPS) is 25.5. The first-order chi connectivity index (χ1) is 9.80. The number of allylic oxidation sites excluding steroid dienone is 1. The van der Waals surface area contributed by atoms with E-state index in [1.54, 1.807) is 13.8 Å². The van der Waals surface area contributed by atoms with E-state index in [2.05, 4.69) is 19.6 Å². The van der Waals surface area contributed by atoms with E-state index in [1.807, 2.05) is 12.2 Å². The Hall–Kier alpha value is -1.14. The summed E-state index contributed by atoms with van der Waals surface area (Å²) in [6.45, 7) is 10.3. The lowest BCUT2D eigenvalue weighted by Crippen LogP contribution is -2.46. The molecule has 0 spiro atoms. The standard InChI is InChI=1S/C15H26O5Si/c1-6-18-14(16)11-9-8-10-12(20-21(3,4)5)13(11)15(17)19-7-2/h8,10-13H,6-7,9H2,1-5H3/t11-,12?,13+/m1/s1. The van der Waals surface area contributed by atoms with Crippen LogP contribution in [0.25, 0.3) is 0 Å². The highest BCUT2D eigenvalue weighted by Crippen LogP contribution is 2.32. The van der Waals surface area contributed by atoms with E-state index in [-0.39, 0.29) is 18.5 Å². The van der Waals surface area contributed by atoms with Crippen molar-refractivity contribution in [2.45, 2.75) is 46.0 Å². The lowest BCUT2D eigenvalue weighted by molar-refractivity contribution is -0.164. The highest BCUT2D eigenvalue weighted by Gasteiger charge is 2.43. The molecule has 5 nitrogen and oxygen atoms in total. The topological polar surface area (TPSA) is 61.8 Å². The fraction of sp³-hybridized carbons (Fsp3) is 0.733. The van der Waals surface area contributed by atoms with Crippen LogP contribution in [0.3, 0.4) is 0 Å². The summed E-state index contributed by atoms with van der Waals surface area (Å²) in [5, 5.41) is 0. The predicted octanol–water partition coefficient (Wildman–Crippen LogP) is 2.53. The Labute approximate surface area is 127 Å². The molecule has 1 unspecified atom stereocenters. The molecule has 0 aromatic heterocycles. The number of carbonyl (C=O) groups excluding carboxylic acids is 2. The zero-order valence-electron chi connectivity index (χ0n) is 13.5. The third-order valence-corrected chi connectivity index (χ3v) is 4.12. The van der Waals surface area contributed by atoms with Crippen molar-refractivity contribution in [3.63, 3.8) is 0 Å². The number of hydrogen-bond acceptors (Lipinski definition) is 5. The van der Waals surface area contributed by atoms with Gasteiger partial charge < -0.3 is 13.9 Å². The van der Waals surface area contributed by atoms with Gasteiger partial charge in [0.25, 0.3) is 0 Å². The highest BCUT2D eigenvalue weighted by atomic mass is 28.4. The van der Waals surface area contributed by atoms with Gasteiger partial charge in [-0.05, 0) is 39.9 Å². The molecular weight excluding hydrogens is 288 g/mol. The van der Waals surface area contributed by atoms with Crippen LogP contribution in [0.4, 0.5) is 0 Å². The molecule has 1 aliphatic rings. The van der Waals surface area contributed by atoms with Crippen molar-refractivity contribution < 1.29 is 23.5 Å². The van der Waals surface area contributed by atoms with Gasteiger partial charge in [-0.2, -0.15) is 0 Å². The lowest BCUT2D eigenvalue weighted by Gasteiger charge is -2.35. The van der Waals surface area contributed by atoms with Crippen molar-refractivity contribution in [2.75, 3.05) is 13.2 Å². The Bertz CT molecular complexity index is 399. The molecule has 3 atom stereocenters. The van der Waals surface area contributed by atoms with Crippen LogP contribution in [0, 0.1) is 11.8 Å². The van der Waals surface area contributed by atoms with Gasteiger partial charge in [-0.1, -0.05) is 12.2 Å². The minimum atomic E-state index is -1.85. The van der Waals surface area contributed by atoms with E-state index >= 15 is 0 Å². The van der Waals surface area contributed by atoms with Gasteiger partial charge in [0.1, 0.15) is 0 Å². The van der Waals surface area contributed by atoms with Crippen LogP contribution < -0.4 is 0 Å². The number of esters is 2. The molecule has 0 aliphatic heterocycles. The van der Waals surface area contributed by atoms with Gasteiger partial charge in [0.2, 0.25) is 0 Å². The monoisotopic (exact) mass is 314 g/mol. The second-order valence-electron chi connectivity index (χ2n) is 6.00. The van der Waals surface area contributed by atoms with Gasteiger partial charge in [-0.25, -0.2) is 0 Å². The summed E-state index contributed by atoms with van der Waals surface area (Å²) >= 11 is 0. The maximum atomic E-state index is 12.3.